The van der Waals surface area contributed by atoms with Crippen molar-refractivity contribution in [3.05, 3.63) is 34.3 Å². The van der Waals surface area contributed by atoms with Gasteiger partial charge in [-0.2, -0.15) is 5.26 Å². The Morgan fingerprint density at radius 2 is 2.27 bits per heavy atom. The Labute approximate surface area is 164 Å². The van der Waals surface area contributed by atoms with Gasteiger partial charge in [0.15, 0.2) is 6.19 Å². The van der Waals surface area contributed by atoms with Gasteiger partial charge in [0.05, 0.1) is 18.6 Å². The summed E-state index contributed by atoms with van der Waals surface area (Å²) in [4.78, 5) is 16.7. The van der Waals surface area contributed by atoms with E-state index in [-0.39, 0.29) is 18.0 Å². The Morgan fingerprint density at radius 1 is 1.46 bits per heavy atom. The van der Waals surface area contributed by atoms with Gasteiger partial charge in [-0.25, -0.2) is 0 Å². The van der Waals surface area contributed by atoms with Crippen LogP contribution in [-0.4, -0.2) is 46.9 Å². The zero-order chi connectivity index (χ0) is 18.7. The van der Waals surface area contributed by atoms with Crippen molar-refractivity contribution in [3.8, 4) is 6.19 Å². The average Bonchev–Trinajstić information content (AvgIpc) is 3.10. The average molecular weight is 419 g/mol. The molecule has 0 unspecified atom stereocenters. The molecule has 2 aliphatic rings. The molecule has 2 saturated heterocycles. The summed E-state index contributed by atoms with van der Waals surface area (Å²) in [5.74, 6) is 0.558. The number of amides is 1. The fraction of sp³-hybridized carbons (Fsp3) is 0.600. The quantitative estimate of drug-likeness (QED) is 0.690. The highest BCUT2D eigenvalue weighted by molar-refractivity contribution is 9.10. The van der Waals surface area contributed by atoms with E-state index in [2.05, 4.69) is 58.3 Å². The van der Waals surface area contributed by atoms with E-state index >= 15 is 0 Å². The van der Waals surface area contributed by atoms with Gasteiger partial charge in [0.2, 0.25) is 5.91 Å². The number of nitrogens with zero attached hydrogens (tertiary/aromatic N) is 3. The molecular formula is C20H27BrN4O. The first-order valence-electron chi connectivity index (χ1n) is 9.40. The molecule has 2 bridgehead atoms. The minimum Gasteiger partial charge on any atom is -0.350 e. The van der Waals surface area contributed by atoms with Gasteiger partial charge in [0.25, 0.3) is 0 Å². The highest BCUT2D eigenvalue weighted by atomic mass is 79.9. The van der Waals surface area contributed by atoms with Crippen LogP contribution in [0.4, 0.5) is 0 Å². The Bertz CT molecular complexity index is 687. The number of benzene rings is 1. The number of rotatable bonds is 7. The molecule has 5 nitrogen and oxygen atoms in total. The zero-order valence-corrected chi connectivity index (χ0v) is 17.1. The van der Waals surface area contributed by atoms with Gasteiger partial charge in [0.1, 0.15) is 0 Å². The number of halogens is 1. The van der Waals surface area contributed by atoms with Crippen LogP contribution in [0, 0.1) is 17.4 Å². The molecule has 2 fully saturated rings. The number of nitriles is 1. The zero-order valence-electron chi connectivity index (χ0n) is 15.5. The second kappa shape index (κ2) is 8.41. The van der Waals surface area contributed by atoms with Gasteiger partial charge >= 0.3 is 0 Å². The van der Waals surface area contributed by atoms with Crippen LogP contribution in [0.3, 0.4) is 0 Å². The van der Waals surface area contributed by atoms with Crippen LogP contribution in [0.1, 0.15) is 38.7 Å². The lowest BCUT2D eigenvalue weighted by molar-refractivity contribution is -0.123. The van der Waals surface area contributed by atoms with Crippen molar-refractivity contribution in [2.75, 3.05) is 13.1 Å². The predicted octanol–water partition coefficient (Wildman–Crippen LogP) is 3.11. The lowest BCUT2D eigenvalue weighted by Crippen LogP contribution is -2.47. The molecule has 0 radical (unpaired) electrons. The molecule has 2 heterocycles. The van der Waals surface area contributed by atoms with E-state index in [1.807, 2.05) is 17.0 Å². The first-order valence-corrected chi connectivity index (χ1v) is 10.2. The van der Waals surface area contributed by atoms with Crippen LogP contribution in [-0.2, 0) is 11.3 Å². The summed E-state index contributed by atoms with van der Waals surface area (Å²) >= 11 is 3.51. The standard InChI is InChI=1S/C20H27BrN4O/c1-14(2)10-24(11-15-4-3-5-16(21)8-15)12-20(26)23-18-9-17-6-7-19(18)25(17)13-22/h3-5,8,14,17-19H,6-7,9-12H2,1-2H3,(H,23,26)/t17-,18+,19+/m0/s1. The van der Waals surface area contributed by atoms with Crippen molar-refractivity contribution in [2.24, 2.45) is 5.92 Å². The van der Waals surface area contributed by atoms with Crippen LogP contribution in [0.15, 0.2) is 28.7 Å². The largest absolute Gasteiger partial charge is 0.350 e. The highest BCUT2D eigenvalue weighted by Gasteiger charge is 2.46. The molecule has 1 aromatic rings. The molecule has 2 aliphatic heterocycles. The Hall–Kier alpha value is -1.58. The van der Waals surface area contributed by atoms with Crippen molar-refractivity contribution < 1.29 is 4.79 Å². The Balaban J connectivity index is 1.58. The molecule has 26 heavy (non-hydrogen) atoms. The van der Waals surface area contributed by atoms with Crippen molar-refractivity contribution in [3.63, 3.8) is 0 Å². The normalized spacial score (nSPS) is 24.3. The van der Waals surface area contributed by atoms with Crippen LogP contribution >= 0.6 is 15.9 Å². The maximum atomic E-state index is 12.7. The van der Waals surface area contributed by atoms with E-state index in [9.17, 15) is 10.1 Å². The fourth-order valence-corrected chi connectivity index (χ4v) is 4.80. The number of hydrogen-bond acceptors (Lipinski definition) is 4. The number of carbonyl (C=O) groups is 1. The van der Waals surface area contributed by atoms with Gasteiger partial charge < -0.3 is 10.2 Å². The first kappa shape index (κ1) is 19.2. The molecule has 1 N–H and O–H groups in total. The molecule has 3 atom stereocenters. The minimum absolute atomic E-state index is 0.0658. The predicted molar refractivity (Wildman–Crippen MR) is 105 cm³/mol. The maximum absolute atomic E-state index is 12.7. The third-order valence-corrected chi connectivity index (χ3v) is 5.78. The molecule has 1 amide bonds. The second-order valence-corrected chi connectivity index (χ2v) is 8.82. The van der Waals surface area contributed by atoms with Crippen molar-refractivity contribution >= 4 is 21.8 Å². The second-order valence-electron chi connectivity index (χ2n) is 7.91. The summed E-state index contributed by atoms with van der Waals surface area (Å²) in [6.07, 6.45) is 5.29. The Kier molecular flexibility index (Phi) is 6.20. The lowest BCUT2D eigenvalue weighted by Gasteiger charge is -2.26. The van der Waals surface area contributed by atoms with Crippen molar-refractivity contribution in [1.29, 1.82) is 5.26 Å². The molecule has 0 aromatic heterocycles. The first-order chi connectivity index (χ1) is 12.5. The number of fused-ring (bicyclic) bond motifs is 2. The van der Waals surface area contributed by atoms with Gasteiger partial charge in [0, 0.05) is 23.6 Å². The molecule has 0 saturated carbocycles. The number of carbonyl (C=O) groups excluding carboxylic acids is 1. The summed E-state index contributed by atoms with van der Waals surface area (Å²) in [7, 11) is 0. The molecular weight excluding hydrogens is 392 g/mol. The molecule has 1 aromatic carbocycles. The summed E-state index contributed by atoms with van der Waals surface area (Å²) in [6.45, 7) is 6.37. The third kappa shape index (κ3) is 4.57. The summed E-state index contributed by atoms with van der Waals surface area (Å²) in [5.41, 5.74) is 1.20. The number of nitrogens with one attached hydrogen (secondary N) is 1. The van der Waals surface area contributed by atoms with Crippen LogP contribution < -0.4 is 5.32 Å². The van der Waals surface area contributed by atoms with Crippen LogP contribution in [0.5, 0.6) is 0 Å². The van der Waals surface area contributed by atoms with E-state index in [4.69, 9.17) is 0 Å². The molecule has 6 heteroatoms. The fourth-order valence-electron chi connectivity index (χ4n) is 4.35. The Morgan fingerprint density at radius 3 is 2.92 bits per heavy atom. The number of hydrogen-bond donors (Lipinski definition) is 1. The monoisotopic (exact) mass is 418 g/mol. The van der Waals surface area contributed by atoms with E-state index in [1.165, 1.54) is 5.56 Å². The van der Waals surface area contributed by atoms with Crippen LogP contribution in [0.2, 0.25) is 0 Å². The van der Waals surface area contributed by atoms with E-state index in [1.54, 1.807) is 0 Å². The smallest absolute Gasteiger partial charge is 0.234 e. The van der Waals surface area contributed by atoms with Gasteiger partial charge in [-0.1, -0.05) is 41.9 Å². The topological polar surface area (TPSA) is 59.4 Å². The van der Waals surface area contributed by atoms with Gasteiger partial charge in [-0.15, -0.1) is 0 Å². The van der Waals surface area contributed by atoms with Crippen LogP contribution in [0.25, 0.3) is 0 Å². The lowest BCUT2D eigenvalue weighted by atomic mass is 9.95. The van der Waals surface area contributed by atoms with E-state index in [0.717, 1.165) is 36.8 Å². The van der Waals surface area contributed by atoms with E-state index in [0.29, 0.717) is 18.5 Å². The van der Waals surface area contributed by atoms with Gasteiger partial charge in [-0.05, 0) is 42.9 Å². The minimum atomic E-state index is 0.0658. The van der Waals surface area contributed by atoms with E-state index < -0.39 is 0 Å². The molecule has 0 spiro atoms. The highest BCUT2D eigenvalue weighted by Crippen LogP contribution is 2.36. The van der Waals surface area contributed by atoms with Crippen molar-refractivity contribution in [2.45, 2.75) is 57.8 Å². The molecule has 0 aliphatic carbocycles. The summed E-state index contributed by atoms with van der Waals surface area (Å²) in [5, 5.41) is 12.5. The third-order valence-electron chi connectivity index (χ3n) is 5.28. The van der Waals surface area contributed by atoms with Crippen molar-refractivity contribution in [1.82, 2.24) is 15.1 Å². The summed E-state index contributed by atoms with van der Waals surface area (Å²) in [6, 6.07) is 8.87. The van der Waals surface area contributed by atoms with Gasteiger partial charge in [-0.3, -0.25) is 9.69 Å². The molecule has 3 rings (SSSR count). The maximum Gasteiger partial charge on any atom is 0.234 e. The summed E-state index contributed by atoms with van der Waals surface area (Å²) < 4.78 is 1.06. The SMILES string of the molecule is CC(C)CN(CC(=O)N[C@@H]1C[C@@H]2CC[C@H]1N2C#N)Cc1cccc(Br)c1. The molecule has 140 valence electrons.